The molecule has 0 spiro atoms. The van der Waals surface area contributed by atoms with Crippen LogP contribution in [0.5, 0.6) is 0 Å². The summed E-state index contributed by atoms with van der Waals surface area (Å²) in [5.74, 6) is 0. The molecule has 2 rings (SSSR count). The van der Waals surface area contributed by atoms with Gasteiger partial charge in [-0.2, -0.15) is 0 Å². The van der Waals surface area contributed by atoms with E-state index in [2.05, 4.69) is 15.0 Å². The van der Waals surface area contributed by atoms with Gasteiger partial charge in [0.2, 0.25) is 0 Å². The number of nitrogens with two attached hydrogens (primary N) is 1. The first-order chi connectivity index (χ1) is 6.75. The van der Waals surface area contributed by atoms with Gasteiger partial charge in [0.25, 0.3) is 0 Å². The molecular weight excluding hydrogens is 196 g/mol. The van der Waals surface area contributed by atoms with Crippen LogP contribution in [0.15, 0.2) is 34.8 Å². The van der Waals surface area contributed by atoms with E-state index in [0.29, 0.717) is 5.69 Å². The zero-order chi connectivity index (χ0) is 9.97. The SMILES string of the molecule is Cc1cc(Sc2ncc[nH]2)ncc1N. The lowest BCUT2D eigenvalue weighted by Gasteiger charge is -2.01. The minimum absolute atomic E-state index is 0.716. The molecule has 0 aliphatic rings. The number of rotatable bonds is 2. The molecule has 0 aromatic carbocycles. The minimum atomic E-state index is 0.716. The Balaban J connectivity index is 2.22. The molecule has 0 aliphatic carbocycles. The molecular formula is C9H10N4S. The molecule has 14 heavy (non-hydrogen) atoms. The van der Waals surface area contributed by atoms with Gasteiger partial charge in [0.15, 0.2) is 5.16 Å². The molecule has 0 atom stereocenters. The number of aromatic amines is 1. The van der Waals surface area contributed by atoms with Crippen LogP contribution < -0.4 is 5.73 Å². The number of nitrogen functional groups attached to an aromatic ring is 1. The van der Waals surface area contributed by atoms with Crippen molar-refractivity contribution in [2.24, 2.45) is 0 Å². The van der Waals surface area contributed by atoms with Crippen LogP contribution in [0.4, 0.5) is 5.69 Å². The summed E-state index contributed by atoms with van der Waals surface area (Å²) in [5, 5.41) is 1.73. The van der Waals surface area contributed by atoms with Crippen LogP contribution in [-0.4, -0.2) is 15.0 Å². The summed E-state index contributed by atoms with van der Waals surface area (Å²) >= 11 is 1.48. The van der Waals surface area contributed by atoms with Gasteiger partial charge >= 0.3 is 0 Å². The van der Waals surface area contributed by atoms with Gasteiger partial charge in [0, 0.05) is 12.4 Å². The van der Waals surface area contributed by atoms with Crippen LogP contribution in [0.3, 0.4) is 0 Å². The number of pyridine rings is 1. The van der Waals surface area contributed by atoms with E-state index in [1.54, 1.807) is 18.6 Å². The summed E-state index contributed by atoms with van der Waals surface area (Å²) in [4.78, 5) is 11.3. The predicted molar refractivity (Wildman–Crippen MR) is 56.1 cm³/mol. The van der Waals surface area contributed by atoms with Crippen molar-refractivity contribution in [2.45, 2.75) is 17.1 Å². The molecule has 2 heterocycles. The minimum Gasteiger partial charge on any atom is -0.397 e. The van der Waals surface area contributed by atoms with Crippen molar-refractivity contribution in [3.05, 3.63) is 30.2 Å². The van der Waals surface area contributed by atoms with Gasteiger partial charge in [0.05, 0.1) is 11.9 Å². The molecule has 2 aromatic rings. The van der Waals surface area contributed by atoms with Crippen LogP contribution in [0, 0.1) is 6.92 Å². The normalized spacial score (nSPS) is 10.4. The molecule has 0 saturated heterocycles. The average molecular weight is 206 g/mol. The second-order valence-corrected chi connectivity index (χ2v) is 3.88. The molecule has 0 saturated carbocycles. The summed E-state index contributed by atoms with van der Waals surface area (Å²) in [7, 11) is 0. The number of aryl methyl sites for hydroxylation is 1. The molecule has 5 heteroatoms. The number of aromatic nitrogens is 3. The molecule has 0 fully saturated rings. The highest BCUT2D eigenvalue weighted by Gasteiger charge is 2.02. The van der Waals surface area contributed by atoms with Crippen molar-refractivity contribution >= 4 is 17.4 Å². The van der Waals surface area contributed by atoms with Crippen molar-refractivity contribution in [2.75, 3.05) is 5.73 Å². The molecule has 4 nitrogen and oxygen atoms in total. The number of nitrogens with one attached hydrogen (secondary N) is 1. The number of anilines is 1. The maximum atomic E-state index is 5.67. The van der Waals surface area contributed by atoms with E-state index in [1.807, 2.05) is 13.0 Å². The first kappa shape index (κ1) is 9.08. The van der Waals surface area contributed by atoms with Gasteiger partial charge in [-0.25, -0.2) is 9.97 Å². The Kier molecular flexibility index (Phi) is 2.41. The van der Waals surface area contributed by atoms with Gasteiger partial charge in [-0.05, 0) is 30.3 Å². The van der Waals surface area contributed by atoms with E-state index in [4.69, 9.17) is 5.73 Å². The van der Waals surface area contributed by atoms with Crippen molar-refractivity contribution < 1.29 is 0 Å². The number of nitrogens with zero attached hydrogens (tertiary/aromatic N) is 2. The van der Waals surface area contributed by atoms with Crippen LogP contribution in [0.2, 0.25) is 0 Å². The van der Waals surface area contributed by atoms with Crippen LogP contribution >= 0.6 is 11.8 Å². The Hall–Kier alpha value is -1.49. The maximum absolute atomic E-state index is 5.67. The van der Waals surface area contributed by atoms with E-state index >= 15 is 0 Å². The molecule has 0 amide bonds. The van der Waals surface area contributed by atoms with E-state index < -0.39 is 0 Å². The number of hydrogen-bond acceptors (Lipinski definition) is 4. The quantitative estimate of drug-likeness (QED) is 0.786. The molecule has 2 aromatic heterocycles. The van der Waals surface area contributed by atoms with E-state index in [0.717, 1.165) is 15.7 Å². The monoisotopic (exact) mass is 206 g/mol. The van der Waals surface area contributed by atoms with Gasteiger partial charge in [0.1, 0.15) is 5.03 Å². The summed E-state index contributed by atoms with van der Waals surface area (Å²) in [5.41, 5.74) is 7.42. The topological polar surface area (TPSA) is 67.6 Å². The van der Waals surface area contributed by atoms with Gasteiger partial charge in [-0.15, -0.1) is 0 Å². The molecule has 0 aliphatic heterocycles. The van der Waals surface area contributed by atoms with E-state index in [9.17, 15) is 0 Å². The second kappa shape index (κ2) is 3.71. The zero-order valence-corrected chi connectivity index (χ0v) is 8.51. The Morgan fingerprint density at radius 2 is 2.29 bits per heavy atom. The van der Waals surface area contributed by atoms with Crippen molar-refractivity contribution in [3.63, 3.8) is 0 Å². The maximum Gasteiger partial charge on any atom is 0.171 e. The largest absolute Gasteiger partial charge is 0.397 e. The third kappa shape index (κ3) is 1.88. The molecule has 3 N–H and O–H groups in total. The smallest absolute Gasteiger partial charge is 0.171 e. The Bertz CT molecular complexity index is 424. The number of H-pyrrole nitrogens is 1. The van der Waals surface area contributed by atoms with Gasteiger partial charge in [-0.1, -0.05) is 0 Å². The highest BCUT2D eigenvalue weighted by molar-refractivity contribution is 7.99. The summed E-state index contributed by atoms with van der Waals surface area (Å²) in [6, 6.07) is 1.95. The zero-order valence-electron chi connectivity index (χ0n) is 7.69. The predicted octanol–water partition coefficient (Wildman–Crippen LogP) is 1.85. The second-order valence-electron chi connectivity index (χ2n) is 2.88. The van der Waals surface area contributed by atoms with Gasteiger partial charge < -0.3 is 10.7 Å². The molecule has 0 unspecified atom stereocenters. The fourth-order valence-corrected chi connectivity index (χ4v) is 1.78. The van der Waals surface area contributed by atoms with E-state index in [1.165, 1.54) is 11.8 Å². The Morgan fingerprint density at radius 1 is 1.43 bits per heavy atom. The highest BCUT2D eigenvalue weighted by atomic mass is 32.2. The van der Waals surface area contributed by atoms with Crippen molar-refractivity contribution in [3.8, 4) is 0 Å². The summed E-state index contributed by atoms with van der Waals surface area (Å²) < 4.78 is 0. The van der Waals surface area contributed by atoms with Crippen LogP contribution in [-0.2, 0) is 0 Å². The van der Waals surface area contributed by atoms with Crippen molar-refractivity contribution in [1.82, 2.24) is 15.0 Å². The van der Waals surface area contributed by atoms with Crippen LogP contribution in [0.1, 0.15) is 5.56 Å². The average Bonchev–Trinajstić information content (AvgIpc) is 2.64. The third-order valence-corrected chi connectivity index (χ3v) is 2.65. The van der Waals surface area contributed by atoms with Crippen LogP contribution in [0.25, 0.3) is 0 Å². The molecule has 0 radical (unpaired) electrons. The fourth-order valence-electron chi connectivity index (χ4n) is 1.00. The van der Waals surface area contributed by atoms with E-state index in [-0.39, 0.29) is 0 Å². The third-order valence-electron chi connectivity index (χ3n) is 1.80. The molecule has 0 bridgehead atoms. The highest BCUT2D eigenvalue weighted by Crippen LogP contribution is 2.24. The molecule has 72 valence electrons. The lowest BCUT2D eigenvalue weighted by molar-refractivity contribution is 1.04. The lowest BCUT2D eigenvalue weighted by Crippen LogP contribution is -1.91. The first-order valence-electron chi connectivity index (χ1n) is 4.15. The Morgan fingerprint density at radius 3 is 2.93 bits per heavy atom. The number of hydrogen-bond donors (Lipinski definition) is 2. The lowest BCUT2D eigenvalue weighted by atomic mass is 10.3. The summed E-state index contributed by atoms with van der Waals surface area (Å²) in [6.45, 7) is 1.96. The summed E-state index contributed by atoms with van der Waals surface area (Å²) in [6.07, 6.45) is 5.17. The van der Waals surface area contributed by atoms with Crippen molar-refractivity contribution in [1.29, 1.82) is 0 Å². The number of imidazole rings is 1. The standard InChI is InChI=1S/C9H10N4S/c1-6-4-8(13-5-7(6)10)14-9-11-2-3-12-9/h2-5H,10H2,1H3,(H,11,12). The first-order valence-corrected chi connectivity index (χ1v) is 4.97. The fraction of sp³-hybridized carbons (Fsp3) is 0.111. The van der Waals surface area contributed by atoms with Gasteiger partial charge in [-0.3, -0.25) is 0 Å². The Labute approximate surface area is 86.0 Å².